The van der Waals surface area contributed by atoms with Crippen LogP contribution in [0.4, 0.5) is 15.8 Å². The lowest BCUT2D eigenvalue weighted by molar-refractivity contribution is 0.0696. The van der Waals surface area contributed by atoms with Crippen molar-refractivity contribution >= 4 is 38.3 Å². The molecule has 1 saturated carbocycles. The number of carbonyl (C=O) groups is 1. The number of rotatable bonds is 11. The number of aromatic nitrogens is 3. The number of halogens is 1. The number of methoxy groups -OCH3 is 2. The zero-order chi connectivity index (χ0) is 31.7. The number of fused-ring (bicyclic) bond motifs is 1. The summed E-state index contributed by atoms with van der Waals surface area (Å²) in [5.41, 5.74) is 1.86. The highest BCUT2D eigenvalue weighted by Gasteiger charge is 2.31. The third kappa shape index (κ3) is 6.46. The summed E-state index contributed by atoms with van der Waals surface area (Å²) in [5.74, 6) is -1.26. The van der Waals surface area contributed by atoms with Gasteiger partial charge in [-0.2, -0.15) is 4.98 Å². The first-order valence-corrected chi connectivity index (χ1v) is 15.1. The van der Waals surface area contributed by atoms with Crippen LogP contribution in [0, 0.1) is 5.82 Å². The minimum absolute atomic E-state index is 0.0933. The fraction of sp³-hybridized carbons (Fsp3) is 0.161. The fourth-order valence-electron chi connectivity index (χ4n) is 4.63. The molecule has 1 aliphatic rings. The van der Waals surface area contributed by atoms with Gasteiger partial charge in [-0.05, 0) is 48.7 Å². The molecule has 5 aromatic rings. The van der Waals surface area contributed by atoms with Crippen molar-refractivity contribution in [1.82, 2.24) is 19.7 Å². The lowest BCUT2D eigenvalue weighted by Gasteiger charge is -2.17. The van der Waals surface area contributed by atoms with Gasteiger partial charge in [0.1, 0.15) is 22.2 Å². The number of nitrogens with zero attached hydrogens (tertiary/aromatic N) is 3. The van der Waals surface area contributed by atoms with Crippen molar-refractivity contribution in [3.63, 3.8) is 0 Å². The van der Waals surface area contributed by atoms with Crippen LogP contribution in [0.15, 0.2) is 78.0 Å². The van der Waals surface area contributed by atoms with Gasteiger partial charge in [0.25, 0.3) is 0 Å². The summed E-state index contributed by atoms with van der Waals surface area (Å²) < 4.78 is 59.7. The molecule has 0 radical (unpaired) electrons. The molecule has 1 fully saturated rings. The molecule has 0 spiro atoms. The first-order chi connectivity index (χ1) is 21.6. The molecule has 230 valence electrons. The van der Waals surface area contributed by atoms with Crippen LogP contribution in [-0.4, -0.2) is 54.7 Å². The van der Waals surface area contributed by atoms with Gasteiger partial charge in [0.2, 0.25) is 15.9 Å². The smallest absolute Gasteiger partial charge is 0.335 e. The van der Waals surface area contributed by atoms with E-state index in [0.29, 0.717) is 22.0 Å². The van der Waals surface area contributed by atoms with Crippen LogP contribution in [0.3, 0.4) is 0 Å². The second-order valence-electron chi connectivity index (χ2n) is 10.1. The Kier molecular flexibility index (Phi) is 7.91. The highest BCUT2D eigenvalue weighted by molar-refractivity contribution is 7.89. The first kappa shape index (κ1) is 29.7. The van der Waals surface area contributed by atoms with Crippen molar-refractivity contribution in [2.45, 2.75) is 23.8 Å². The Morgan fingerprint density at radius 1 is 0.978 bits per heavy atom. The topological polar surface area (TPSA) is 162 Å². The molecule has 1 aliphatic carbocycles. The first-order valence-electron chi connectivity index (χ1n) is 13.6. The van der Waals surface area contributed by atoms with Crippen molar-refractivity contribution < 1.29 is 36.9 Å². The second kappa shape index (κ2) is 12.0. The summed E-state index contributed by atoms with van der Waals surface area (Å²) in [6, 6.07) is 14.6. The van der Waals surface area contributed by atoms with Crippen molar-refractivity contribution in [2.24, 2.45) is 0 Å². The van der Waals surface area contributed by atoms with Gasteiger partial charge in [0, 0.05) is 41.6 Å². The Labute approximate surface area is 256 Å². The van der Waals surface area contributed by atoms with Crippen LogP contribution >= 0.6 is 0 Å². The van der Waals surface area contributed by atoms with Crippen LogP contribution in [-0.2, 0) is 10.0 Å². The Balaban J connectivity index is 1.47. The summed E-state index contributed by atoms with van der Waals surface area (Å²) in [6.07, 6.45) is 4.23. The number of nitrogens with one attached hydrogen (secondary N) is 2. The predicted octanol–water partition coefficient (Wildman–Crippen LogP) is 5.52. The third-order valence-corrected chi connectivity index (χ3v) is 8.43. The summed E-state index contributed by atoms with van der Waals surface area (Å²) in [6.45, 7) is 0. The van der Waals surface area contributed by atoms with E-state index in [-0.39, 0.29) is 51.3 Å². The van der Waals surface area contributed by atoms with Crippen LogP contribution in [0.5, 0.6) is 23.4 Å². The number of carboxylic acid groups (broad SMARTS) is 1. The quantitative estimate of drug-likeness (QED) is 0.168. The molecule has 0 atom stereocenters. The van der Waals surface area contributed by atoms with Crippen molar-refractivity contribution in [3.8, 4) is 34.5 Å². The molecule has 45 heavy (non-hydrogen) atoms. The molecule has 0 saturated heterocycles. The van der Waals surface area contributed by atoms with Gasteiger partial charge in [0.05, 0.1) is 36.6 Å². The molecule has 14 heteroatoms. The summed E-state index contributed by atoms with van der Waals surface area (Å²) >= 11 is 0. The molecule has 3 aromatic carbocycles. The van der Waals surface area contributed by atoms with Gasteiger partial charge < -0.3 is 24.6 Å². The van der Waals surface area contributed by atoms with E-state index in [0.717, 1.165) is 18.9 Å². The molecular formula is C31H26FN5O7S. The predicted molar refractivity (Wildman–Crippen MR) is 162 cm³/mol. The van der Waals surface area contributed by atoms with Crippen LogP contribution in [0.25, 0.3) is 22.0 Å². The van der Waals surface area contributed by atoms with E-state index in [9.17, 15) is 22.7 Å². The molecule has 6 rings (SSSR count). The SMILES string of the molecule is COc1ncc(-c2ccc3c(Nc4cc(Oc5cccc(F)c5)cc(C(=O)O)c4)c(S(=O)(=O)NC4CC4)cnc3c2)c(OC)n1. The number of anilines is 2. The van der Waals surface area contributed by atoms with Crippen LogP contribution in [0.1, 0.15) is 23.2 Å². The van der Waals surface area contributed by atoms with Gasteiger partial charge in [-0.15, -0.1) is 0 Å². The fourth-order valence-corrected chi connectivity index (χ4v) is 6.05. The molecular weight excluding hydrogens is 605 g/mol. The van der Waals surface area contributed by atoms with E-state index in [4.69, 9.17) is 14.2 Å². The minimum atomic E-state index is -4.03. The Hall–Kier alpha value is -5.34. The normalized spacial score (nSPS) is 13.0. The largest absolute Gasteiger partial charge is 0.480 e. The Bertz CT molecular complexity index is 2050. The number of aromatic carboxylic acids is 1. The highest BCUT2D eigenvalue weighted by Crippen LogP contribution is 2.38. The highest BCUT2D eigenvalue weighted by atomic mass is 32.2. The Morgan fingerprint density at radius 2 is 1.80 bits per heavy atom. The number of hydrogen-bond donors (Lipinski definition) is 3. The molecule has 12 nitrogen and oxygen atoms in total. The summed E-state index contributed by atoms with van der Waals surface area (Å²) in [7, 11) is -1.12. The third-order valence-electron chi connectivity index (χ3n) is 6.90. The molecule has 0 unspecified atom stereocenters. The zero-order valence-corrected chi connectivity index (χ0v) is 24.8. The van der Waals surface area contributed by atoms with Gasteiger partial charge in [-0.25, -0.2) is 27.3 Å². The zero-order valence-electron chi connectivity index (χ0n) is 23.9. The average molecular weight is 632 g/mol. The van der Waals surface area contributed by atoms with Crippen molar-refractivity contribution in [3.05, 3.63) is 84.4 Å². The van der Waals surface area contributed by atoms with Crippen molar-refractivity contribution in [1.29, 1.82) is 0 Å². The minimum Gasteiger partial charge on any atom is -0.480 e. The monoisotopic (exact) mass is 631 g/mol. The van der Waals surface area contributed by atoms with E-state index in [1.165, 1.54) is 56.8 Å². The van der Waals surface area contributed by atoms with Crippen LogP contribution in [0.2, 0.25) is 0 Å². The summed E-state index contributed by atoms with van der Waals surface area (Å²) in [5, 5.41) is 13.3. The number of pyridine rings is 1. The van der Waals surface area contributed by atoms with Gasteiger partial charge in [-0.3, -0.25) is 4.98 Å². The maximum absolute atomic E-state index is 13.8. The van der Waals surface area contributed by atoms with E-state index in [1.54, 1.807) is 24.4 Å². The lowest BCUT2D eigenvalue weighted by atomic mass is 10.0. The number of ether oxygens (including phenoxy) is 3. The Morgan fingerprint density at radius 3 is 2.51 bits per heavy atom. The molecule has 0 bridgehead atoms. The van der Waals surface area contributed by atoms with Crippen LogP contribution < -0.4 is 24.2 Å². The van der Waals surface area contributed by atoms with E-state index in [2.05, 4.69) is 25.0 Å². The van der Waals surface area contributed by atoms with Crippen molar-refractivity contribution in [2.75, 3.05) is 19.5 Å². The number of sulfonamides is 1. The molecule has 0 aliphatic heterocycles. The number of benzene rings is 3. The maximum atomic E-state index is 13.8. The maximum Gasteiger partial charge on any atom is 0.335 e. The lowest BCUT2D eigenvalue weighted by Crippen LogP contribution is -2.26. The van der Waals surface area contributed by atoms with E-state index in [1.807, 2.05) is 0 Å². The van der Waals surface area contributed by atoms with E-state index >= 15 is 0 Å². The molecule has 2 heterocycles. The average Bonchev–Trinajstić information content (AvgIpc) is 3.83. The van der Waals surface area contributed by atoms with Gasteiger partial charge >= 0.3 is 12.0 Å². The van der Waals surface area contributed by atoms with Gasteiger partial charge in [0.15, 0.2) is 0 Å². The molecule has 0 amide bonds. The number of carboxylic acids is 1. The van der Waals surface area contributed by atoms with E-state index < -0.39 is 21.8 Å². The number of hydrogen-bond acceptors (Lipinski definition) is 10. The van der Waals surface area contributed by atoms with Gasteiger partial charge in [-0.1, -0.05) is 18.2 Å². The summed E-state index contributed by atoms with van der Waals surface area (Å²) in [4.78, 5) is 24.7. The molecule has 2 aromatic heterocycles. The second-order valence-corrected chi connectivity index (χ2v) is 11.8. The molecule has 3 N–H and O–H groups in total. The standard InChI is InChI=1S/C31H26FN5O7S/c1-42-29-25(15-34-31(36-29)43-2)17-6-9-24-26(12-17)33-16-27(45(40,41)37-20-7-8-20)28(24)35-21-10-18(30(38)39)11-23(14-21)44-22-5-3-4-19(32)13-22/h3-6,9-16,20,37H,7-8H2,1-2H3,(H,33,35)(H,38,39).